The second-order valence-corrected chi connectivity index (χ2v) is 6.85. The van der Waals surface area contributed by atoms with E-state index in [1.807, 2.05) is 6.07 Å². The van der Waals surface area contributed by atoms with Gasteiger partial charge in [0.25, 0.3) is 0 Å². The lowest BCUT2D eigenvalue weighted by atomic mass is 9.87. The number of hydrogen-bond donors (Lipinski definition) is 1. The Hall–Kier alpha value is -3.00. The number of carbonyl (C=O) groups excluding carboxylic acids is 2. The fourth-order valence-corrected chi connectivity index (χ4v) is 3.50. The fourth-order valence-electron chi connectivity index (χ4n) is 3.50. The van der Waals surface area contributed by atoms with Gasteiger partial charge in [-0.3, -0.25) is 9.59 Å². The number of methoxy groups -OCH3 is 1. The van der Waals surface area contributed by atoms with E-state index in [1.165, 1.54) is 0 Å². The highest BCUT2D eigenvalue weighted by atomic mass is 16.6. The highest BCUT2D eigenvalue weighted by molar-refractivity contribution is 6.32. The Balaban J connectivity index is 1.41. The minimum atomic E-state index is -0.167. The van der Waals surface area contributed by atoms with E-state index in [4.69, 9.17) is 18.9 Å². The zero-order chi connectivity index (χ0) is 20.9. The summed E-state index contributed by atoms with van der Waals surface area (Å²) in [6, 6.07) is 12.3. The quantitative estimate of drug-likeness (QED) is 0.405. The number of ether oxygens (including phenoxy) is 4. The molecule has 0 amide bonds. The molecule has 0 unspecified atom stereocenters. The van der Waals surface area contributed by atoms with Crippen LogP contribution >= 0.6 is 0 Å². The number of aromatic nitrogens is 1. The van der Waals surface area contributed by atoms with Gasteiger partial charge in [-0.2, -0.15) is 0 Å². The predicted molar refractivity (Wildman–Crippen MR) is 111 cm³/mol. The van der Waals surface area contributed by atoms with Crippen molar-refractivity contribution in [2.45, 2.75) is 0 Å². The lowest BCUT2D eigenvalue weighted by molar-refractivity contribution is 0.0180. The van der Waals surface area contributed by atoms with Crippen LogP contribution < -0.4 is 4.74 Å². The van der Waals surface area contributed by atoms with E-state index < -0.39 is 0 Å². The zero-order valence-corrected chi connectivity index (χ0v) is 16.7. The Morgan fingerprint density at radius 3 is 2.20 bits per heavy atom. The van der Waals surface area contributed by atoms with Crippen molar-refractivity contribution >= 4 is 22.5 Å². The minimum Gasteiger partial charge on any atom is -0.491 e. The third-order valence-electron chi connectivity index (χ3n) is 4.94. The summed E-state index contributed by atoms with van der Waals surface area (Å²) >= 11 is 0. The molecule has 0 atom stereocenters. The molecule has 30 heavy (non-hydrogen) atoms. The van der Waals surface area contributed by atoms with Crippen molar-refractivity contribution in [3.63, 3.8) is 0 Å². The SMILES string of the molecule is COCCOCCOCCOc1ccc2[nH]c3c(c2c1)C(=O)c1ccccc1C3=O. The van der Waals surface area contributed by atoms with Crippen molar-refractivity contribution in [2.75, 3.05) is 46.8 Å². The molecule has 3 aromatic rings. The molecule has 0 aliphatic heterocycles. The van der Waals surface area contributed by atoms with Gasteiger partial charge in [-0.1, -0.05) is 24.3 Å². The number of ketones is 2. The number of H-pyrrole nitrogens is 1. The highest BCUT2D eigenvalue weighted by Gasteiger charge is 2.32. The minimum absolute atomic E-state index is 0.152. The van der Waals surface area contributed by atoms with Crippen LogP contribution in [-0.4, -0.2) is 63.3 Å². The highest BCUT2D eigenvalue weighted by Crippen LogP contribution is 2.34. The molecular formula is C23H23NO6. The van der Waals surface area contributed by atoms with Gasteiger partial charge in [-0.25, -0.2) is 0 Å². The molecule has 0 saturated carbocycles. The van der Waals surface area contributed by atoms with Crippen LogP contribution in [0.4, 0.5) is 0 Å². The molecule has 7 heteroatoms. The molecule has 4 rings (SSSR count). The maximum Gasteiger partial charge on any atom is 0.210 e. The monoisotopic (exact) mass is 409 g/mol. The van der Waals surface area contributed by atoms with Crippen molar-refractivity contribution < 1.29 is 28.5 Å². The van der Waals surface area contributed by atoms with Gasteiger partial charge < -0.3 is 23.9 Å². The first-order valence-electron chi connectivity index (χ1n) is 9.82. The predicted octanol–water partition coefficient (Wildman–Crippen LogP) is 3.00. The van der Waals surface area contributed by atoms with Crippen LogP contribution in [0.15, 0.2) is 42.5 Å². The molecule has 0 spiro atoms. The molecule has 7 nitrogen and oxygen atoms in total. The third kappa shape index (κ3) is 4.00. The number of fused-ring (bicyclic) bond motifs is 4. The molecular weight excluding hydrogens is 386 g/mol. The van der Waals surface area contributed by atoms with Crippen LogP contribution in [0.25, 0.3) is 10.9 Å². The van der Waals surface area contributed by atoms with Crippen LogP contribution in [0.5, 0.6) is 5.75 Å². The number of rotatable bonds is 10. The van der Waals surface area contributed by atoms with E-state index in [0.29, 0.717) is 73.2 Å². The molecule has 0 bridgehead atoms. The largest absolute Gasteiger partial charge is 0.491 e. The van der Waals surface area contributed by atoms with Crippen molar-refractivity contribution in [1.82, 2.24) is 4.98 Å². The zero-order valence-electron chi connectivity index (χ0n) is 16.7. The second-order valence-electron chi connectivity index (χ2n) is 6.85. The molecule has 1 aromatic heterocycles. The lowest BCUT2D eigenvalue weighted by Gasteiger charge is -2.14. The Labute approximate surface area is 173 Å². The molecule has 1 heterocycles. The van der Waals surface area contributed by atoms with Gasteiger partial charge in [0, 0.05) is 29.1 Å². The summed E-state index contributed by atoms with van der Waals surface area (Å²) in [7, 11) is 1.63. The van der Waals surface area contributed by atoms with Crippen molar-refractivity contribution in [3.05, 3.63) is 64.8 Å². The van der Waals surface area contributed by atoms with Crippen LogP contribution in [-0.2, 0) is 14.2 Å². The van der Waals surface area contributed by atoms with Gasteiger partial charge in [0.2, 0.25) is 5.78 Å². The van der Waals surface area contributed by atoms with Crippen LogP contribution in [0.1, 0.15) is 32.0 Å². The van der Waals surface area contributed by atoms with Gasteiger partial charge in [0.15, 0.2) is 5.78 Å². The molecule has 2 aromatic carbocycles. The van der Waals surface area contributed by atoms with E-state index >= 15 is 0 Å². The van der Waals surface area contributed by atoms with Gasteiger partial charge in [0.1, 0.15) is 12.4 Å². The molecule has 0 radical (unpaired) electrons. The van der Waals surface area contributed by atoms with Crippen molar-refractivity contribution in [3.8, 4) is 5.75 Å². The third-order valence-corrected chi connectivity index (χ3v) is 4.94. The molecule has 1 N–H and O–H groups in total. The smallest absolute Gasteiger partial charge is 0.210 e. The van der Waals surface area contributed by atoms with Crippen LogP contribution in [0, 0.1) is 0 Å². The number of hydrogen-bond acceptors (Lipinski definition) is 6. The molecule has 1 aliphatic carbocycles. The number of nitrogens with one attached hydrogen (secondary N) is 1. The van der Waals surface area contributed by atoms with Gasteiger partial charge >= 0.3 is 0 Å². The van der Waals surface area contributed by atoms with Gasteiger partial charge in [0.05, 0.1) is 44.3 Å². The average molecular weight is 409 g/mol. The Bertz CT molecular complexity index is 1070. The van der Waals surface area contributed by atoms with Crippen molar-refractivity contribution in [1.29, 1.82) is 0 Å². The molecule has 156 valence electrons. The Morgan fingerprint density at radius 1 is 0.800 bits per heavy atom. The maximum atomic E-state index is 13.0. The normalized spacial score (nSPS) is 12.8. The topological polar surface area (TPSA) is 86.8 Å². The number of benzene rings is 2. The van der Waals surface area contributed by atoms with Gasteiger partial charge in [-0.15, -0.1) is 0 Å². The summed E-state index contributed by atoms with van der Waals surface area (Å²) in [5.74, 6) is 0.295. The van der Waals surface area contributed by atoms with E-state index in [-0.39, 0.29) is 11.6 Å². The molecule has 0 saturated heterocycles. The summed E-state index contributed by atoms with van der Waals surface area (Å²) in [5.41, 5.74) is 2.34. The van der Waals surface area contributed by atoms with E-state index in [0.717, 1.165) is 5.52 Å². The maximum absolute atomic E-state index is 13.0. The summed E-state index contributed by atoms with van der Waals surface area (Å²) in [4.78, 5) is 28.9. The Morgan fingerprint density at radius 2 is 1.47 bits per heavy atom. The average Bonchev–Trinajstić information content (AvgIpc) is 3.16. The summed E-state index contributed by atoms with van der Waals surface area (Å²) < 4.78 is 21.4. The van der Waals surface area contributed by atoms with Crippen LogP contribution in [0.2, 0.25) is 0 Å². The Kier molecular flexibility index (Phi) is 6.23. The molecule has 0 fully saturated rings. The molecule has 1 aliphatic rings. The standard InChI is InChI=1S/C23H23NO6/c1-27-8-9-28-10-11-29-12-13-30-15-6-7-19-18(14-15)20-21(24-19)23(26)17-5-3-2-4-16(17)22(20)25/h2-7,14,24H,8-13H2,1H3. The van der Waals surface area contributed by atoms with E-state index in [9.17, 15) is 9.59 Å². The van der Waals surface area contributed by atoms with Gasteiger partial charge in [-0.05, 0) is 18.2 Å². The number of aromatic amines is 1. The fraction of sp³-hybridized carbons (Fsp3) is 0.304. The first kappa shape index (κ1) is 20.3. The van der Waals surface area contributed by atoms with Crippen molar-refractivity contribution in [2.24, 2.45) is 0 Å². The summed E-state index contributed by atoms with van der Waals surface area (Å²) in [5, 5.41) is 0.683. The summed E-state index contributed by atoms with van der Waals surface area (Å²) in [6.45, 7) is 2.88. The second kappa shape index (κ2) is 9.21. The van der Waals surface area contributed by atoms with Crippen LogP contribution in [0.3, 0.4) is 0 Å². The van der Waals surface area contributed by atoms with E-state index in [2.05, 4.69) is 4.98 Å². The first-order chi connectivity index (χ1) is 14.7. The number of carbonyl (C=O) groups is 2. The summed E-state index contributed by atoms with van der Waals surface area (Å²) in [6.07, 6.45) is 0. The first-order valence-corrected chi connectivity index (χ1v) is 9.82. The van der Waals surface area contributed by atoms with E-state index in [1.54, 1.807) is 43.5 Å². The lowest BCUT2D eigenvalue weighted by Crippen LogP contribution is -2.20.